The van der Waals surface area contributed by atoms with E-state index in [1.165, 1.54) is 19.3 Å². The Morgan fingerprint density at radius 3 is 2.30 bits per heavy atom. The molecule has 2 fully saturated rings. The minimum absolute atomic E-state index is 0.0102. The number of carbonyl (C=O) groups is 1. The molecule has 4 nitrogen and oxygen atoms in total. The van der Waals surface area contributed by atoms with Crippen molar-refractivity contribution in [3.8, 4) is 0 Å². The Labute approximate surface area is 122 Å². The lowest BCUT2D eigenvalue weighted by atomic mass is 9.78. The van der Waals surface area contributed by atoms with Crippen LogP contribution in [0, 0.1) is 11.8 Å². The van der Waals surface area contributed by atoms with Gasteiger partial charge in [0.1, 0.15) is 0 Å². The molecular formula is C16H30N2O2. The predicted octanol–water partition coefficient (Wildman–Crippen LogP) is 2.80. The molecule has 0 heterocycles. The lowest BCUT2D eigenvalue weighted by Crippen LogP contribution is -2.51. The quantitative estimate of drug-likeness (QED) is 0.745. The number of aliphatic hydroxyl groups excluding tert-OH is 1. The van der Waals surface area contributed by atoms with Crippen molar-refractivity contribution in [3.05, 3.63) is 0 Å². The summed E-state index contributed by atoms with van der Waals surface area (Å²) in [5.41, 5.74) is 0. The molecule has 0 aromatic heterocycles. The minimum atomic E-state index is -0.167. The van der Waals surface area contributed by atoms with Gasteiger partial charge in [-0.3, -0.25) is 0 Å². The van der Waals surface area contributed by atoms with E-state index in [2.05, 4.69) is 24.5 Å². The number of nitrogens with one attached hydrogen (secondary N) is 2. The summed E-state index contributed by atoms with van der Waals surface area (Å²) in [5.74, 6) is 1.24. The molecule has 0 unspecified atom stereocenters. The van der Waals surface area contributed by atoms with Crippen LogP contribution >= 0.6 is 0 Å². The van der Waals surface area contributed by atoms with Crippen LogP contribution < -0.4 is 10.6 Å². The third-order valence-corrected chi connectivity index (χ3v) is 5.02. The third-order valence-electron chi connectivity index (χ3n) is 5.02. The molecule has 0 aromatic rings. The summed E-state index contributed by atoms with van der Waals surface area (Å²) in [4.78, 5) is 12.1. The molecule has 0 aliphatic heterocycles. The molecule has 2 aliphatic rings. The smallest absolute Gasteiger partial charge is 0.315 e. The van der Waals surface area contributed by atoms with E-state index in [-0.39, 0.29) is 18.2 Å². The fraction of sp³-hybridized carbons (Fsp3) is 0.938. The molecule has 2 rings (SSSR count). The number of aliphatic hydroxyl groups is 1. The summed E-state index contributed by atoms with van der Waals surface area (Å²) >= 11 is 0. The average Bonchev–Trinajstić information content (AvgIpc) is 2.41. The van der Waals surface area contributed by atoms with Gasteiger partial charge in [0.25, 0.3) is 0 Å². The number of hydrogen-bond acceptors (Lipinski definition) is 2. The van der Waals surface area contributed by atoms with E-state index >= 15 is 0 Å². The van der Waals surface area contributed by atoms with Crippen molar-refractivity contribution in [1.82, 2.24) is 10.6 Å². The average molecular weight is 282 g/mol. The number of amides is 2. The normalized spacial score (nSPS) is 34.8. The Bertz CT molecular complexity index is 312. The van der Waals surface area contributed by atoms with Crippen LogP contribution in [0.15, 0.2) is 0 Å². The van der Waals surface area contributed by atoms with Crippen LogP contribution in [0.2, 0.25) is 0 Å². The van der Waals surface area contributed by atoms with Crippen molar-refractivity contribution in [2.45, 2.75) is 83.4 Å². The van der Waals surface area contributed by atoms with Crippen molar-refractivity contribution >= 4 is 6.03 Å². The molecule has 0 radical (unpaired) electrons. The van der Waals surface area contributed by atoms with Crippen LogP contribution in [0.5, 0.6) is 0 Å². The Morgan fingerprint density at radius 1 is 1.00 bits per heavy atom. The van der Waals surface area contributed by atoms with Gasteiger partial charge >= 0.3 is 6.03 Å². The maximum Gasteiger partial charge on any atom is 0.315 e. The molecule has 4 heteroatoms. The maximum absolute atomic E-state index is 12.1. The SMILES string of the molecule is CC(C)[C@H]1CCCC[C@H]1NC(=O)NC1CCC(O)CC1. The largest absolute Gasteiger partial charge is 0.393 e. The van der Waals surface area contributed by atoms with Crippen LogP contribution in [0.4, 0.5) is 4.79 Å². The van der Waals surface area contributed by atoms with E-state index < -0.39 is 0 Å². The summed E-state index contributed by atoms with van der Waals surface area (Å²) in [7, 11) is 0. The molecule has 0 spiro atoms. The first kappa shape index (κ1) is 15.6. The highest BCUT2D eigenvalue weighted by atomic mass is 16.3. The summed E-state index contributed by atoms with van der Waals surface area (Å²) < 4.78 is 0. The zero-order valence-electron chi connectivity index (χ0n) is 12.9. The van der Waals surface area contributed by atoms with Crippen molar-refractivity contribution in [2.75, 3.05) is 0 Å². The highest BCUT2D eigenvalue weighted by molar-refractivity contribution is 5.74. The zero-order valence-corrected chi connectivity index (χ0v) is 12.9. The molecule has 2 amide bonds. The monoisotopic (exact) mass is 282 g/mol. The van der Waals surface area contributed by atoms with Crippen LogP contribution in [0.1, 0.15) is 65.2 Å². The second kappa shape index (κ2) is 7.30. The van der Waals surface area contributed by atoms with Gasteiger partial charge in [0.05, 0.1) is 6.10 Å². The topological polar surface area (TPSA) is 61.4 Å². The fourth-order valence-corrected chi connectivity index (χ4v) is 3.75. The van der Waals surface area contributed by atoms with Crippen LogP contribution in [-0.2, 0) is 0 Å². The molecule has 3 N–H and O–H groups in total. The molecule has 0 bridgehead atoms. The molecule has 20 heavy (non-hydrogen) atoms. The van der Waals surface area contributed by atoms with E-state index in [1.807, 2.05) is 0 Å². The summed E-state index contributed by atoms with van der Waals surface area (Å²) in [6, 6.07) is 0.557. The van der Waals surface area contributed by atoms with E-state index in [0.29, 0.717) is 17.9 Å². The van der Waals surface area contributed by atoms with Gasteiger partial charge in [-0.1, -0.05) is 26.7 Å². The molecular weight excluding hydrogens is 252 g/mol. The first-order valence-corrected chi connectivity index (χ1v) is 8.31. The molecule has 116 valence electrons. The second-order valence-electron chi connectivity index (χ2n) is 6.92. The molecule has 2 saturated carbocycles. The highest BCUT2D eigenvalue weighted by Gasteiger charge is 2.29. The Balaban J connectivity index is 1.78. The molecule has 0 aromatic carbocycles. The van der Waals surface area contributed by atoms with Gasteiger partial charge < -0.3 is 15.7 Å². The number of carbonyl (C=O) groups excluding carboxylic acids is 1. The molecule has 2 aliphatic carbocycles. The van der Waals surface area contributed by atoms with Gasteiger partial charge in [0.15, 0.2) is 0 Å². The van der Waals surface area contributed by atoms with Crippen molar-refractivity contribution in [2.24, 2.45) is 11.8 Å². The first-order chi connectivity index (χ1) is 9.56. The Hall–Kier alpha value is -0.770. The van der Waals surface area contributed by atoms with E-state index in [1.54, 1.807) is 0 Å². The second-order valence-corrected chi connectivity index (χ2v) is 6.92. The number of rotatable bonds is 3. The first-order valence-electron chi connectivity index (χ1n) is 8.31. The van der Waals surface area contributed by atoms with E-state index in [0.717, 1.165) is 32.1 Å². The molecule has 2 atom stereocenters. The van der Waals surface area contributed by atoms with Gasteiger partial charge in [-0.05, 0) is 50.4 Å². The maximum atomic E-state index is 12.1. The Morgan fingerprint density at radius 2 is 1.65 bits per heavy atom. The summed E-state index contributed by atoms with van der Waals surface area (Å²) in [5, 5.41) is 15.8. The van der Waals surface area contributed by atoms with Crippen LogP contribution in [0.25, 0.3) is 0 Å². The van der Waals surface area contributed by atoms with Gasteiger partial charge in [-0.25, -0.2) is 4.79 Å². The number of urea groups is 1. The fourth-order valence-electron chi connectivity index (χ4n) is 3.75. The lowest BCUT2D eigenvalue weighted by Gasteiger charge is -2.35. The van der Waals surface area contributed by atoms with Crippen molar-refractivity contribution in [3.63, 3.8) is 0 Å². The third kappa shape index (κ3) is 4.37. The van der Waals surface area contributed by atoms with Gasteiger partial charge in [0, 0.05) is 12.1 Å². The molecule has 0 saturated heterocycles. The van der Waals surface area contributed by atoms with Gasteiger partial charge in [-0.15, -0.1) is 0 Å². The lowest BCUT2D eigenvalue weighted by molar-refractivity contribution is 0.117. The van der Waals surface area contributed by atoms with Crippen molar-refractivity contribution < 1.29 is 9.90 Å². The predicted molar refractivity (Wildman–Crippen MR) is 80.5 cm³/mol. The summed E-state index contributed by atoms with van der Waals surface area (Å²) in [6.45, 7) is 4.51. The summed E-state index contributed by atoms with van der Waals surface area (Å²) in [6.07, 6.45) is 8.11. The van der Waals surface area contributed by atoms with Gasteiger partial charge in [-0.2, -0.15) is 0 Å². The minimum Gasteiger partial charge on any atom is -0.393 e. The van der Waals surface area contributed by atoms with E-state index in [9.17, 15) is 9.90 Å². The highest BCUT2D eigenvalue weighted by Crippen LogP contribution is 2.30. The van der Waals surface area contributed by atoms with Crippen molar-refractivity contribution in [1.29, 1.82) is 0 Å². The van der Waals surface area contributed by atoms with Crippen LogP contribution in [0.3, 0.4) is 0 Å². The van der Waals surface area contributed by atoms with E-state index in [4.69, 9.17) is 0 Å². The Kier molecular flexibility index (Phi) is 5.70. The van der Waals surface area contributed by atoms with Gasteiger partial charge in [0.2, 0.25) is 0 Å². The number of hydrogen-bond donors (Lipinski definition) is 3. The standard InChI is InChI=1S/C16H30N2O2/c1-11(2)14-5-3-4-6-15(14)18-16(20)17-12-7-9-13(19)10-8-12/h11-15,19H,3-10H2,1-2H3,(H2,17,18,20)/t12?,13?,14-,15-/m1/s1. The van der Waals surface area contributed by atoms with Crippen LogP contribution in [-0.4, -0.2) is 29.3 Å². The zero-order chi connectivity index (χ0) is 14.5.